The summed E-state index contributed by atoms with van der Waals surface area (Å²) in [6, 6.07) is 12.7. The van der Waals surface area contributed by atoms with E-state index in [2.05, 4.69) is 4.98 Å². The summed E-state index contributed by atoms with van der Waals surface area (Å²) in [5.74, 6) is -0.0145. The molecule has 2 aliphatic rings. The number of hydrogen-bond acceptors (Lipinski definition) is 4. The monoisotopic (exact) mass is 399 g/mol. The molecule has 1 aromatic heterocycles. The molecule has 2 atom stereocenters. The number of carbonyl (C=O) groups is 1. The first kappa shape index (κ1) is 19.1. The van der Waals surface area contributed by atoms with Crippen molar-refractivity contribution >= 4 is 15.9 Å². The maximum Gasteiger partial charge on any atom is 0.243 e. The van der Waals surface area contributed by atoms with Gasteiger partial charge in [-0.2, -0.15) is 4.31 Å². The average molecular weight is 400 g/mol. The topological polar surface area (TPSA) is 70.6 Å². The predicted molar refractivity (Wildman–Crippen MR) is 106 cm³/mol. The van der Waals surface area contributed by atoms with Crippen LogP contribution in [0.3, 0.4) is 0 Å². The van der Waals surface area contributed by atoms with Gasteiger partial charge in [0.05, 0.1) is 17.1 Å². The lowest BCUT2D eigenvalue weighted by molar-refractivity contribution is -0.132. The van der Waals surface area contributed by atoms with Crippen molar-refractivity contribution in [3.05, 3.63) is 59.9 Å². The van der Waals surface area contributed by atoms with E-state index in [1.165, 1.54) is 0 Å². The van der Waals surface area contributed by atoms with Crippen LogP contribution in [-0.4, -0.2) is 48.7 Å². The van der Waals surface area contributed by atoms with Crippen LogP contribution in [0.5, 0.6) is 0 Å². The molecule has 0 bridgehead atoms. The minimum atomic E-state index is -3.51. The molecule has 4 rings (SSSR count). The van der Waals surface area contributed by atoms with Crippen LogP contribution in [0.1, 0.15) is 24.1 Å². The number of nitrogens with zero attached hydrogens (tertiary/aromatic N) is 3. The number of carbonyl (C=O) groups excluding carboxylic acids is 1. The van der Waals surface area contributed by atoms with E-state index >= 15 is 0 Å². The minimum absolute atomic E-state index is 0.0838. The number of aromatic nitrogens is 1. The molecule has 2 fully saturated rings. The molecule has 1 amide bonds. The Morgan fingerprint density at radius 1 is 1.29 bits per heavy atom. The van der Waals surface area contributed by atoms with Crippen molar-refractivity contribution in [2.75, 3.05) is 20.1 Å². The summed E-state index contributed by atoms with van der Waals surface area (Å²) in [4.78, 5) is 19.2. The van der Waals surface area contributed by atoms with E-state index in [4.69, 9.17) is 0 Å². The second kappa shape index (κ2) is 6.97. The maximum atomic E-state index is 13.0. The number of rotatable bonds is 5. The summed E-state index contributed by atoms with van der Waals surface area (Å²) in [6.45, 7) is 3.26. The van der Waals surface area contributed by atoms with E-state index in [0.29, 0.717) is 24.5 Å². The summed E-state index contributed by atoms with van der Waals surface area (Å²) in [7, 11) is -1.72. The fourth-order valence-corrected chi connectivity index (χ4v) is 5.86. The molecule has 6 nitrogen and oxygen atoms in total. The van der Waals surface area contributed by atoms with Gasteiger partial charge in [0.2, 0.25) is 15.9 Å². The van der Waals surface area contributed by atoms with E-state index in [9.17, 15) is 13.2 Å². The van der Waals surface area contributed by atoms with Gasteiger partial charge in [-0.15, -0.1) is 0 Å². The Kier molecular flexibility index (Phi) is 4.75. The number of pyridine rings is 1. The summed E-state index contributed by atoms with van der Waals surface area (Å²) in [5, 5.41) is 0. The predicted octanol–water partition coefficient (Wildman–Crippen LogP) is 2.45. The van der Waals surface area contributed by atoms with Gasteiger partial charge >= 0.3 is 0 Å². The van der Waals surface area contributed by atoms with Crippen LogP contribution in [-0.2, 0) is 21.4 Å². The first-order valence-electron chi connectivity index (χ1n) is 9.54. The second-order valence-corrected chi connectivity index (χ2v) is 9.98. The van der Waals surface area contributed by atoms with Gasteiger partial charge in [0.15, 0.2) is 0 Å². The third-order valence-electron chi connectivity index (χ3n) is 5.97. The van der Waals surface area contributed by atoms with Crippen LogP contribution in [0.15, 0.2) is 53.6 Å². The van der Waals surface area contributed by atoms with Crippen molar-refractivity contribution in [3.8, 4) is 0 Å². The highest BCUT2D eigenvalue weighted by Gasteiger charge is 2.62. The van der Waals surface area contributed by atoms with Gasteiger partial charge in [-0.05, 0) is 55.0 Å². The van der Waals surface area contributed by atoms with Gasteiger partial charge < -0.3 is 4.90 Å². The van der Waals surface area contributed by atoms with Crippen molar-refractivity contribution in [3.63, 3.8) is 0 Å². The van der Waals surface area contributed by atoms with Crippen molar-refractivity contribution in [1.82, 2.24) is 14.2 Å². The lowest BCUT2D eigenvalue weighted by Gasteiger charge is -2.19. The lowest BCUT2D eigenvalue weighted by atomic mass is 10.0. The summed E-state index contributed by atoms with van der Waals surface area (Å²) in [5.41, 5.74) is 1.57. The molecular weight excluding hydrogens is 374 g/mol. The van der Waals surface area contributed by atoms with Gasteiger partial charge in [-0.25, -0.2) is 8.42 Å². The third-order valence-corrected chi connectivity index (χ3v) is 7.81. The van der Waals surface area contributed by atoms with Crippen LogP contribution in [0, 0.1) is 18.3 Å². The number of sulfonamides is 1. The normalized spacial score (nSPS) is 24.4. The fraction of sp³-hybridized carbons (Fsp3) is 0.429. The van der Waals surface area contributed by atoms with Crippen LogP contribution in [0.25, 0.3) is 0 Å². The molecule has 0 radical (unpaired) electrons. The molecule has 1 saturated carbocycles. The quantitative estimate of drug-likeness (QED) is 0.774. The van der Waals surface area contributed by atoms with Crippen LogP contribution >= 0.6 is 0 Å². The van der Waals surface area contributed by atoms with Gasteiger partial charge in [0.1, 0.15) is 0 Å². The van der Waals surface area contributed by atoms with E-state index < -0.39 is 10.0 Å². The lowest BCUT2D eigenvalue weighted by Crippen LogP contribution is -2.32. The van der Waals surface area contributed by atoms with Gasteiger partial charge in [-0.3, -0.25) is 9.78 Å². The highest BCUT2D eigenvalue weighted by atomic mass is 32.2. The Morgan fingerprint density at radius 2 is 2.11 bits per heavy atom. The molecule has 7 heteroatoms. The SMILES string of the molecule is Cc1cccc(S(=O)(=O)N2CC[C@]3(C[C@H]3C(=O)N(C)Cc3ccccn3)C2)c1. The van der Waals surface area contributed by atoms with Crippen LogP contribution in [0.4, 0.5) is 0 Å². The second-order valence-electron chi connectivity index (χ2n) is 8.04. The largest absolute Gasteiger partial charge is 0.340 e. The highest BCUT2D eigenvalue weighted by molar-refractivity contribution is 7.89. The van der Waals surface area contributed by atoms with Crippen molar-refractivity contribution < 1.29 is 13.2 Å². The first-order valence-corrected chi connectivity index (χ1v) is 11.0. The number of hydrogen-bond donors (Lipinski definition) is 0. The van der Waals surface area contributed by atoms with Crippen LogP contribution in [0.2, 0.25) is 0 Å². The Balaban J connectivity index is 1.42. The zero-order valence-corrected chi connectivity index (χ0v) is 17.0. The summed E-state index contributed by atoms with van der Waals surface area (Å²) < 4.78 is 27.5. The molecule has 1 saturated heterocycles. The Bertz CT molecular complexity index is 993. The van der Waals surface area contributed by atoms with E-state index in [0.717, 1.165) is 24.1 Å². The fourth-order valence-electron chi connectivity index (χ4n) is 4.21. The smallest absolute Gasteiger partial charge is 0.243 e. The van der Waals surface area contributed by atoms with E-state index in [1.807, 2.05) is 31.2 Å². The molecule has 28 heavy (non-hydrogen) atoms. The molecule has 1 aliphatic carbocycles. The van der Waals surface area contributed by atoms with E-state index in [1.54, 1.807) is 40.6 Å². The molecule has 1 spiro atoms. The van der Waals surface area contributed by atoms with E-state index in [-0.39, 0.29) is 17.2 Å². The summed E-state index contributed by atoms with van der Waals surface area (Å²) in [6.07, 6.45) is 3.22. The minimum Gasteiger partial charge on any atom is -0.340 e. The molecule has 148 valence electrons. The van der Waals surface area contributed by atoms with Crippen molar-refractivity contribution in [1.29, 1.82) is 0 Å². The number of aryl methyl sites for hydroxylation is 1. The average Bonchev–Trinajstić information content (AvgIpc) is 3.20. The molecule has 0 unspecified atom stereocenters. The van der Waals surface area contributed by atoms with Crippen LogP contribution < -0.4 is 0 Å². The molecule has 2 aromatic rings. The Labute approximate surface area is 166 Å². The zero-order valence-electron chi connectivity index (χ0n) is 16.2. The maximum absolute atomic E-state index is 13.0. The first-order chi connectivity index (χ1) is 13.3. The van der Waals surface area contributed by atoms with Crippen molar-refractivity contribution in [2.45, 2.75) is 31.2 Å². The molecule has 2 heterocycles. The molecule has 0 N–H and O–H groups in total. The standard InChI is InChI=1S/C21H25N3O3S/c1-16-6-5-8-18(12-16)28(26,27)24-11-9-21(15-24)13-19(21)20(25)23(2)14-17-7-3-4-10-22-17/h3-8,10,12,19H,9,11,13-15H2,1-2H3/t19-,21-/m0/s1. The number of benzene rings is 1. The molecule has 1 aromatic carbocycles. The molecular formula is C21H25N3O3S. The van der Waals surface area contributed by atoms with Gasteiger partial charge in [0, 0.05) is 32.3 Å². The number of amides is 1. The Morgan fingerprint density at radius 3 is 2.82 bits per heavy atom. The zero-order chi connectivity index (χ0) is 19.9. The summed E-state index contributed by atoms with van der Waals surface area (Å²) >= 11 is 0. The van der Waals surface area contributed by atoms with Gasteiger partial charge in [-0.1, -0.05) is 18.2 Å². The van der Waals surface area contributed by atoms with Gasteiger partial charge in [0.25, 0.3) is 0 Å². The highest BCUT2D eigenvalue weighted by Crippen LogP contribution is 2.59. The molecule has 1 aliphatic heterocycles. The third kappa shape index (κ3) is 3.44. The van der Waals surface area contributed by atoms with Crippen molar-refractivity contribution in [2.24, 2.45) is 11.3 Å². The Hall–Kier alpha value is -2.25.